The molecule has 4 aromatic heterocycles. The minimum absolute atomic E-state index is 0.411. The number of furan rings is 2. The van der Waals surface area contributed by atoms with Gasteiger partial charge in [0.15, 0.2) is 17.5 Å². The van der Waals surface area contributed by atoms with Gasteiger partial charge in [0.2, 0.25) is 0 Å². The molecule has 76 heavy (non-hydrogen) atoms. The van der Waals surface area contributed by atoms with Gasteiger partial charge in [0, 0.05) is 58.4 Å². The van der Waals surface area contributed by atoms with Crippen molar-refractivity contribution in [2.75, 3.05) is 0 Å². The Morgan fingerprint density at radius 3 is 1.45 bits per heavy atom. The summed E-state index contributed by atoms with van der Waals surface area (Å²) in [6.45, 7) is 0. The molecule has 5 nitrogen and oxygen atoms in total. The quantitative estimate of drug-likeness (QED) is 0.172. The van der Waals surface area contributed by atoms with Gasteiger partial charge in [0.25, 0.3) is 0 Å². The smallest absolute Gasteiger partial charge is 0.164 e. The van der Waals surface area contributed by atoms with Crippen molar-refractivity contribution < 1.29 is 8.83 Å². The van der Waals surface area contributed by atoms with Crippen molar-refractivity contribution in [3.8, 4) is 78.7 Å². The molecular weight excluding hydrogens is 947 g/mol. The van der Waals surface area contributed by atoms with Gasteiger partial charge in [-0.1, -0.05) is 182 Å². The van der Waals surface area contributed by atoms with Crippen molar-refractivity contribution in [3.05, 3.63) is 259 Å². The lowest BCUT2D eigenvalue weighted by molar-refractivity contribution is 0.668. The standard InChI is InChI=1S/C70H39N3O2S/c1-6-23-55-45(16-1)46-17-2-7-24-56(46)70(55)57-25-8-3-18-47(57)48-33-30-43(38-58(48)70)41-15-11-14-40(36-41)42-32-35-60-54(37-42)66-53(22-13-28-62(66)75-60)69-72-67(44-31-34-50-49-19-5-10-29-63(49)76-64(50)39-44)71-68(73-69)52-21-12-27-61-65(52)51-20-4-9-26-59(51)74-61/h1-39H. The summed E-state index contributed by atoms with van der Waals surface area (Å²) in [5.74, 6) is 1.72. The summed E-state index contributed by atoms with van der Waals surface area (Å²) >= 11 is 1.79. The van der Waals surface area contributed by atoms with E-state index >= 15 is 0 Å². The fraction of sp³-hybridized carbons (Fsp3) is 0.0143. The molecule has 4 heterocycles. The highest BCUT2D eigenvalue weighted by atomic mass is 32.1. The van der Waals surface area contributed by atoms with E-state index in [0.717, 1.165) is 77.3 Å². The molecule has 0 N–H and O–H groups in total. The number of hydrogen-bond donors (Lipinski definition) is 0. The molecule has 2 aliphatic carbocycles. The average molecular weight is 986 g/mol. The maximum atomic E-state index is 6.68. The summed E-state index contributed by atoms with van der Waals surface area (Å²) in [5, 5.41) is 6.39. The van der Waals surface area contributed by atoms with Crippen LogP contribution >= 0.6 is 11.3 Å². The fourth-order valence-electron chi connectivity index (χ4n) is 12.9. The van der Waals surface area contributed by atoms with E-state index in [9.17, 15) is 0 Å². The normalized spacial score (nSPS) is 13.1. The number of fused-ring (bicyclic) bond motifs is 19. The molecule has 352 valence electrons. The number of benzene rings is 11. The predicted octanol–water partition coefficient (Wildman–Crippen LogP) is 18.7. The molecule has 0 radical (unpaired) electrons. The lowest BCUT2D eigenvalue weighted by Crippen LogP contribution is -2.25. The molecule has 15 aromatic rings. The number of aromatic nitrogens is 3. The Morgan fingerprint density at radius 1 is 0.276 bits per heavy atom. The van der Waals surface area contributed by atoms with Gasteiger partial charge in [-0.05, 0) is 121 Å². The van der Waals surface area contributed by atoms with Crippen molar-refractivity contribution in [2.45, 2.75) is 5.41 Å². The number of para-hydroxylation sites is 1. The summed E-state index contributed by atoms with van der Waals surface area (Å²) in [6, 6.07) is 85.1. The molecule has 0 bridgehead atoms. The van der Waals surface area contributed by atoms with Gasteiger partial charge in [-0.25, -0.2) is 15.0 Å². The maximum absolute atomic E-state index is 6.68. The molecular formula is C70H39N3O2S. The minimum Gasteiger partial charge on any atom is -0.456 e. The highest BCUT2D eigenvalue weighted by molar-refractivity contribution is 7.25. The second-order valence-electron chi connectivity index (χ2n) is 20.1. The Kier molecular flexibility index (Phi) is 8.58. The highest BCUT2D eigenvalue weighted by Crippen LogP contribution is 2.63. The van der Waals surface area contributed by atoms with Crippen LogP contribution in [-0.4, -0.2) is 15.0 Å². The molecule has 0 atom stereocenters. The van der Waals surface area contributed by atoms with Gasteiger partial charge in [-0.2, -0.15) is 0 Å². The van der Waals surface area contributed by atoms with Gasteiger partial charge < -0.3 is 8.83 Å². The zero-order valence-electron chi connectivity index (χ0n) is 40.6. The third kappa shape index (κ3) is 5.81. The first-order valence-electron chi connectivity index (χ1n) is 25.7. The van der Waals surface area contributed by atoms with Gasteiger partial charge in [0.05, 0.1) is 5.41 Å². The predicted molar refractivity (Wildman–Crippen MR) is 311 cm³/mol. The van der Waals surface area contributed by atoms with Crippen LogP contribution in [0.3, 0.4) is 0 Å². The summed E-state index contributed by atoms with van der Waals surface area (Å²) in [7, 11) is 0. The molecule has 0 saturated carbocycles. The van der Waals surface area contributed by atoms with Crippen LogP contribution in [0.15, 0.2) is 245 Å². The van der Waals surface area contributed by atoms with Gasteiger partial charge in [-0.3, -0.25) is 0 Å². The Balaban J connectivity index is 0.819. The second-order valence-corrected chi connectivity index (χ2v) is 21.2. The Hall–Kier alpha value is -9.75. The highest BCUT2D eigenvalue weighted by Gasteiger charge is 2.51. The van der Waals surface area contributed by atoms with Crippen molar-refractivity contribution in [1.82, 2.24) is 15.0 Å². The molecule has 0 aliphatic heterocycles. The topological polar surface area (TPSA) is 65.0 Å². The molecule has 0 unspecified atom stereocenters. The zero-order chi connectivity index (χ0) is 49.6. The number of nitrogens with zero attached hydrogens (tertiary/aromatic N) is 3. The lowest BCUT2D eigenvalue weighted by atomic mass is 9.70. The molecule has 0 amide bonds. The number of thiophene rings is 1. The van der Waals surface area contributed by atoms with Crippen LogP contribution in [0.2, 0.25) is 0 Å². The lowest BCUT2D eigenvalue weighted by Gasteiger charge is -2.30. The first-order chi connectivity index (χ1) is 37.6. The van der Waals surface area contributed by atoms with Crippen LogP contribution in [0.5, 0.6) is 0 Å². The largest absolute Gasteiger partial charge is 0.456 e. The van der Waals surface area contributed by atoms with Gasteiger partial charge in [0.1, 0.15) is 22.3 Å². The van der Waals surface area contributed by atoms with Crippen LogP contribution in [0.4, 0.5) is 0 Å². The van der Waals surface area contributed by atoms with E-state index in [1.54, 1.807) is 11.3 Å². The Bertz CT molecular complexity index is 4920. The molecule has 1 spiro atoms. The number of rotatable bonds is 5. The van der Waals surface area contributed by atoms with Crippen molar-refractivity contribution >= 4 is 75.4 Å². The van der Waals surface area contributed by atoms with Crippen LogP contribution in [0.25, 0.3) is 143 Å². The summed E-state index contributed by atoms with van der Waals surface area (Å²) in [5.41, 5.74) is 20.5. The molecule has 17 rings (SSSR count). The van der Waals surface area contributed by atoms with Crippen LogP contribution in [-0.2, 0) is 5.41 Å². The van der Waals surface area contributed by atoms with Gasteiger partial charge in [-0.15, -0.1) is 11.3 Å². The van der Waals surface area contributed by atoms with E-state index in [-0.39, 0.29) is 0 Å². The van der Waals surface area contributed by atoms with E-state index in [1.165, 1.54) is 70.2 Å². The van der Waals surface area contributed by atoms with E-state index < -0.39 is 5.41 Å². The van der Waals surface area contributed by atoms with E-state index in [1.807, 2.05) is 42.5 Å². The Labute approximate surface area is 439 Å². The molecule has 6 heteroatoms. The van der Waals surface area contributed by atoms with Crippen LogP contribution in [0.1, 0.15) is 22.3 Å². The van der Waals surface area contributed by atoms with Crippen molar-refractivity contribution in [2.24, 2.45) is 0 Å². The SMILES string of the molecule is c1cc(-c2ccc3c(c2)C2(c4ccccc4-c4ccccc42)c2ccccc2-3)cc(-c2ccc3oc4cccc(-c5nc(-c6ccc7c(c6)sc6ccccc67)nc(-c6cccc7oc8ccccc8c67)n5)c4c3c2)c1. The number of hydrogen-bond acceptors (Lipinski definition) is 6. The van der Waals surface area contributed by atoms with E-state index in [2.05, 4.69) is 194 Å². The third-order valence-corrected chi connectivity index (χ3v) is 17.3. The monoisotopic (exact) mass is 985 g/mol. The molecule has 0 fully saturated rings. The summed E-state index contributed by atoms with van der Waals surface area (Å²) in [6.07, 6.45) is 0. The fourth-order valence-corrected chi connectivity index (χ4v) is 14.1. The molecule has 0 saturated heterocycles. The Morgan fingerprint density at radius 2 is 0.750 bits per heavy atom. The first-order valence-corrected chi connectivity index (χ1v) is 26.5. The van der Waals surface area contributed by atoms with E-state index in [4.69, 9.17) is 23.8 Å². The first kappa shape index (κ1) is 41.7. The second kappa shape index (κ2) is 15.6. The van der Waals surface area contributed by atoms with Crippen LogP contribution in [0, 0.1) is 0 Å². The van der Waals surface area contributed by atoms with Gasteiger partial charge >= 0.3 is 0 Å². The zero-order valence-corrected chi connectivity index (χ0v) is 41.4. The molecule has 11 aromatic carbocycles. The van der Waals surface area contributed by atoms with Crippen molar-refractivity contribution in [1.29, 1.82) is 0 Å². The van der Waals surface area contributed by atoms with Crippen molar-refractivity contribution in [3.63, 3.8) is 0 Å². The molecule has 2 aliphatic rings. The minimum atomic E-state index is -0.411. The summed E-state index contributed by atoms with van der Waals surface area (Å²) < 4.78 is 15.5. The maximum Gasteiger partial charge on any atom is 0.164 e. The average Bonchev–Trinajstić information content (AvgIpc) is 4.33. The third-order valence-electron chi connectivity index (χ3n) is 16.2. The van der Waals surface area contributed by atoms with E-state index in [0.29, 0.717) is 17.5 Å². The summed E-state index contributed by atoms with van der Waals surface area (Å²) in [4.78, 5) is 16.0. The van der Waals surface area contributed by atoms with Crippen LogP contribution < -0.4 is 0 Å².